The van der Waals surface area contributed by atoms with E-state index < -0.39 is 0 Å². The summed E-state index contributed by atoms with van der Waals surface area (Å²) >= 11 is 1.69. The second kappa shape index (κ2) is 4.37. The number of fused-ring (bicyclic) bond motifs is 1. The van der Waals surface area contributed by atoms with Gasteiger partial charge in [-0.1, -0.05) is 0 Å². The van der Waals surface area contributed by atoms with E-state index in [1.54, 1.807) is 23.5 Å². The van der Waals surface area contributed by atoms with Crippen LogP contribution in [0.3, 0.4) is 0 Å². The van der Waals surface area contributed by atoms with Crippen molar-refractivity contribution in [3.8, 4) is 16.3 Å². The number of aromatic hydroxyl groups is 1. The maximum absolute atomic E-state index is 9.31. The van der Waals surface area contributed by atoms with Gasteiger partial charge in [0.25, 0.3) is 0 Å². The van der Waals surface area contributed by atoms with Crippen LogP contribution in [0, 0.1) is 0 Å². The predicted molar refractivity (Wildman–Crippen MR) is 71.9 cm³/mol. The summed E-state index contributed by atoms with van der Waals surface area (Å²) in [5.74, 6) is 0.283. The van der Waals surface area contributed by atoms with Crippen molar-refractivity contribution in [3.63, 3.8) is 0 Å². The molecule has 0 bridgehead atoms. The van der Waals surface area contributed by atoms with Gasteiger partial charge in [0, 0.05) is 12.0 Å². The summed E-state index contributed by atoms with van der Waals surface area (Å²) in [5.41, 5.74) is 2.21. The fourth-order valence-electron chi connectivity index (χ4n) is 2.29. The van der Waals surface area contributed by atoms with Crippen molar-refractivity contribution in [2.45, 2.75) is 32.5 Å². The summed E-state index contributed by atoms with van der Waals surface area (Å²) in [6.07, 6.45) is 1.25. The molecule has 0 radical (unpaired) electrons. The molecule has 2 unspecified atom stereocenters. The molecule has 0 aliphatic carbocycles. The Morgan fingerprint density at radius 2 is 2.00 bits per heavy atom. The minimum absolute atomic E-state index is 0.132. The average Bonchev–Trinajstić information content (AvgIpc) is 2.74. The minimum Gasteiger partial charge on any atom is -0.508 e. The van der Waals surface area contributed by atoms with E-state index in [4.69, 9.17) is 9.72 Å². The molecule has 2 aromatic rings. The van der Waals surface area contributed by atoms with Crippen LogP contribution in [0.15, 0.2) is 24.3 Å². The largest absolute Gasteiger partial charge is 0.508 e. The Labute approximate surface area is 110 Å². The lowest BCUT2D eigenvalue weighted by atomic mass is 10.1. The lowest BCUT2D eigenvalue weighted by molar-refractivity contribution is -0.00316. The molecule has 2 heterocycles. The Morgan fingerprint density at radius 3 is 2.72 bits per heavy atom. The Kier molecular flexibility index (Phi) is 2.84. The number of nitrogens with zero attached hydrogens (tertiary/aromatic N) is 1. The fraction of sp³-hybridized carbons (Fsp3) is 0.357. The van der Waals surface area contributed by atoms with Crippen LogP contribution >= 0.6 is 11.3 Å². The van der Waals surface area contributed by atoms with E-state index in [1.807, 2.05) is 12.1 Å². The first-order chi connectivity index (χ1) is 8.63. The molecule has 0 saturated carbocycles. The molecule has 4 heteroatoms. The number of ether oxygens (including phenoxy) is 1. The number of aromatic nitrogens is 1. The summed E-state index contributed by atoms with van der Waals surface area (Å²) < 4.78 is 5.81. The van der Waals surface area contributed by atoms with E-state index in [9.17, 15) is 5.11 Å². The molecule has 0 amide bonds. The highest BCUT2D eigenvalue weighted by Gasteiger charge is 2.26. The molecule has 0 saturated heterocycles. The van der Waals surface area contributed by atoms with Crippen LogP contribution in [0.25, 0.3) is 10.6 Å². The van der Waals surface area contributed by atoms with Gasteiger partial charge in [0.1, 0.15) is 10.8 Å². The van der Waals surface area contributed by atoms with Crippen LogP contribution in [0.2, 0.25) is 0 Å². The van der Waals surface area contributed by atoms with Crippen molar-refractivity contribution in [1.82, 2.24) is 4.98 Å². The molecule has 94 valence electrons. The van der Waals surface area contributed by atoms with Gasteiger partial charge in [-0.3, -0.25) is 0 Å². The number of thiazole rings is 1. The van der Waals surface area contributed by atoms with Crippen LogP contribution in [0.4, 0.5) is 0 Å². The standard InChI is InChI=1S/C14H15NO2S/c1-8-7-12-13(9(2)17-8)18-14(15-12)10-3-5-11(16)6-4-10/h3-6,8-9,16H,7H2,1-2H3. The van der Waals surface area contributed by atoms with Gasteiger partial charge in [0.2, 0.25) is 0 Å². The average molecular weight is 261 g/mol. The van der Waals surface area contributed by atoms with Crippen molar-refractivity contribution < 1.29 is 9.84 Å². The third-order valence-corrected chi connectivity index (χ3v) is 4.44. The van der Waals surface area contributed by atoms with Gasteiger partial charge in [0.15, 0.2) is 0 Å². The summed E-state index contributed by atoms with van der Waals surface area (Å²) in [4.78, 5) is 5.94. The van der Waals surface area contributed by atoms with E-state index in [2.05, 4.69) is 13.8 Å². The normalized spacial score (nSPS) is 22.8. The molecule has 1 aromatic carbocycles. The van der Waals surface area contributed by atoms with Gasteiger partial charge in [-0.15, -0.1) is 11.3 Å². The van der Waals surface area contributed by atoms with Gasteiger partial charge < -0.3 is 9.84 Å². The van der Waals surface area contributed by atoms with Crippen molar-refractivity contribution in [2.75, 3.05) is 0 Å². The van der Waals surface area contributed by atoms with E-state index in [-0.39, 0.29) is 18.0 Å². The van der Waals surface area contributed by atoms with Gasteiger partial charge in [-0.05, 0) is 38.1 Å². The molecular formula is C14H15NO2S. The Bertz CT molecular complexity index is 562. The number of phenols is 1. The van der Waals surface area contributed by atoms with Crippen LogP contribution < -0.4 is 0 Å². The third-order valence-electron chi connectivity index (χ3n) is 3.13. The predicted octanol–water partition coefficient (Wildman–Crippen LogP) is 3.54. The maximum Gasteiger partial charge on any atom is 0.123 e. The topological polar surface area (TPSA) is 42.4 Å². The second-order valence-electron chi connectivity index (χ2n) is 4.67. The number of hydrogen-bond donors (Lipinski definition) is 1. The minimum atomic E-state index is 0.132. The van der Waals surface area contributed by atoms with E-state index in [0.29, 0.717) is 0 Å². The molecule has 0 fully saturated rings. The van der Waals surface area contributed by atoms with E-state index in [0.717, 1.165) is 22.7 Å². The summed E-state index contributed by atoms with van der Waals surface area (Å²) in [6, 6.07) is 7.18. The van der Waals surface area contributed by atoms with Gasteiger partial charge in [0.05, 0.1) is 22.8 Å². The summed E-state index contributed by atoms with van der Waals surface area (Å²) in [6.45, 7) is 4.16. The lowest BCUT2D eigenvalue weighted by Crippen LogP contribution is -2.20. The SMILES string of the molecule is CC1Cc2nc(-c3ccc(O)cc3)sc2C(C)O1. The maximum atomic E-state index is 9.31. The molecule has 3 rings (SSSR count). The molecule has 1 aromatic heterocycles. The fourth-order valence-corrected chi connectivity index (χ4v) is 3.37. The van der Waals surface area contributed by atoms with E-state index in [1.165, 1.54) is 4.88 Å². The van der Waals surface area contributed by atoms with Crippen LogP contribution in [0.5, 0.6) is 5.75 Å². The van der Waals surface area contributed by atoms with Crippen molar-refractivity contribution >= 4 is 11.3 Å². The van der Waals surface area contributed by atoms with E-state index >= 15 is 0 Å². The smallest absolute Gasteiger partial charge is 0.123 e. The molecule has 2 atom stereocenters. The zero-order chi connectivity index (χ0) is 12.7. The molecule has 1 N–H and O–H groups in total. The van der Waals surface area contributed by atoms with Crippen molar-refractivity contribution in [3.05, 3.63) is 34.8 Å². The summed E-state index contributed by atoms with van der Waals surface area (Å²) in [7, 11) is 0. The second-order valence-corrected chi connectivity index (χ2v) is 5.70. The quantitative estimate of drug-likeness (QED) is 0.853. The number of hydrogen-bond acceptors (Lipinski definition) is 4. The summed E-state index contributed by atoms with van der Waals surface area (Å²) in [5, 5.41) is 10.3. The lowest BCUT2D eigenvalue weighted by Gasteiger charge is -2.23. The first-order valence-corrected chi connectivity index (χ1v) is 6.89. The molecular weight excluding hydrogens is 246 g/mol. The molecule has 1 aliphatic rings. The Hall–Kier alpha value is -1.39. The van der Waals surface area contributed by atoms with Crippen molar-refractivity contribution in [2.24, 2.45) is 0 Å². The monoisotopic (exact) mass is 261 g/mol. The zero-order valence-electron chi connectivity index (χ0n) is 10.4. The van der Waals surface area contributed by atoms with Gasteiger partial charge >= 0.3 is 0 Å². The van der Waals surface area contributed by atoms with Gasteiger partial charge in [-0.25, -0.2) is 4.98 Å². The molecule has 3 nitrogen and oxygen atoms in total. The highest BCUT2D eigenvalue weighted by molar-refractivity contribution is 7.15. The molecule has 0 spiro atoms. The Morgan fingerprint density at radius 1 is 1.28 bits per heavy atom. The number of phenolic OH excluding ortho intramolecular Hbond substituents is 1. The number of benzene rings is 1. The molecule has 18 heavy (non-hydrogen) atoms. The Balaban J connectivity index is 2.00. The molecule has 1 aliphatic heterocycles. The van der Waals surface area contributed by atoms with Gasteiger partial charge in [-0.2, -0.15) is 0 Å². The first-order valence-electron chi connectivity index (χ1n) is 6.08. The van der Waals surface area contributed by atoms with Crippen molar-refractivity contribution in [1.29, 1.82) is 0 Å². The highest BCUT2D eigenvalue weighted by atomic mass is 32.1. The zero-order valence-corrected chi connectivity index (χ0v) is 11.2. The van der Waals surface area contributed by atoms with Crippen LogP contribution in [-0.4, -0.2) is 16.2 Å². The third kappa shape index (κ3) is 2.02. The number of rotatable bonds is 1. The first kappa shape index (κ1) is 11.7. The van der Waals surface area contributed by atoms with Crippen LogP contribution in [-0.2, 0) is 11.2 Å². The highest BCUT2D eigenvalue weighted by Crippen LogP contribution is 2.38. The van der Waals surface area contributed by atoms with Crippen LogP contribution in [0.1, 0.15) is 30.5 Å².